The van der Waals surface area contributed by atoms with Gasteiger partial charge in [0.15, 0.2) is 0 Å². The van der Waals surface area contributed by atoms with E-state index in [0.29, 0.717) is 28.0 Å². The molecule has 2 fully saturated rings. The zero-order valence-electron chi connectivity index (χ0n) is 11.5. The molecular formula is C16H15N3O2. The first kappa shape index (κ1) is 12.4. The molecule has 0 spiro atoms. The van der Waals surface area contributed by atoms with E-state index in [-0.39, 0.29) is 11.9 Å². The van der Waals surface area contributed by atoms with Crippen LogP contribution in [0.4, 0.5) is 0 Å². The van der Waals surface area contributed by atoms with Gasteiger partial charge in [0.2, 0.25) is 0 Å². The zero-order valence-corrected chi connectivity index (χ0v) is 11.5. The highest BCUT2D eigenvalue weighted by molar-refractivity contribution is 5.99. The third kappa shape index (κ3) is 1.99. The first-order chi connectivity index (χ1) is 10.2. The second kappa shape index (κ2) is 4.61. The molecule has 0 radical (unpaired) electrons. The van der Waals surface area contributed by atoms with Gasteiger partial charge in [-0.05, 0) is 37.1 Å². The number of amides is 1. The summed E-state index contributed by atoms with van der Waals surface area (Å²) in [5.74, 6) is 0.516. The van der Waals surface area contributed by atoms with Crippen molar-refractivity contribution in [3.63, 3.8) is 0 Å². The third-order valence-electron chi connectivity index (χ3n) is 4.61. The van der Waals surface area contributed by atoms with E-state index < -0.39 is 0 Å². The largest absolute Gasteiger partial charge is 0.463 e. The number of furan rings is 1. The summed E-state index contributed by atoms with van der Waals surface area (Å²) < 4.78 is 5.29. The lowest BCUT2D eigenvalue weighted by Gasteiger charge is -2.23. The van der Waals surface area contributed by atoms with Crippen molar-refractivity contribution in [2.24, 2.45) is 5.92 Å². The fourth-order valence-corrected chi connectivity index (χ4v) is 3.46. The lowest BCUT2D eigenvalue weighted by atomic mass is 9.99. The molecule has 2 aliphatic heterocycles. The standard InChI is InChI=1S/C16H15N3O2/c17-6-12-9-21-15-2-1-10(5-13(12)15)16(20)18-14-8-19-4-3-11(14)7-19/h1-2,5,9,11,14H,3-4,7-8H2,(H,18,20)/t11-,14?/m1/s1. The number of carbonyl (C=O) groups is 1. The molecular weight excluding hydrogens is 266 g/mol. The van der Waals surface area contributed by atoms with Crippen LogP contribution in [0.25, 0.3) is 11.0 Å². The molecule has 106 valence electrons. The molecule has 21 heavy (non-hydrogen) atoms. The van der Waals surface area contributed by atoms with Gasteiger partial charge in [-0.3, -0.25) is 4.79 Å². The number of rotatable bonds is 2. The maximum atomic E-state index is 12.4. The number of nitriles is 1. The van der Waals surface area contributed by atoms with Gasteiger partial charge in [-0.2, -0.15) is 5.26 Å². The van der Waals surface area contributed by atoms with Gasteiger partial charge in [0.25, 0.3) is 5.91 Å². The first-order valence-electron chi connectivity index (χ1n) is 7.19. The minimum Gasteiger partial charge on any atom is -0.463 e. The van der Waals surface area contributed by atoms with Crippen LogP contribution in [-0.4, -0.2) is 36.5 Å². The Morgan fingerprint density at radius 1 is 1.43 bits per heavy atom. The van der Waals surface area contributed by atoms with E-state index in [1.54, 1.807) is 18.2 Å². The second-order valence-corrected chi connectivity index (χ2v) is 5.86. The summed E-state index contributed by atoms with van der Waals surface area (Å²) in [6.45, 7) is 3.21. The summed E-state index contributed by atoms with van der Waals surface area (Å²) in [5, 5.41) is 12.9. The van der Waals surface area contributed by atoms with Gasteiger partial charge in [-0.1, -0.05) is 0 Å². The molecule has 5 nitrogen and oxygen atoms in total. The van der Waals surface area contributed by atoms with Crippen molar-refractivity contribution >= 4 is 16.9 Å². The van der Waals surface area contributed by atoms with Gasteiger partial charge in [-0.25, -0.2) is 0 Å². The van der Waals surface area contributed by atoms with Crippen LogP contribution in [0.15, 0.2) is 28.9 Å². The molecule has 1 N–H and O–H groups in total. The molecule has 2 unspecified atom stereocenters. The van der Waals surface area contributed by atoms with E-state index in [9.17, 15) is 4.79 Å². The molecule has 1 aromatic carbocycles. The van der Waals surface area contributed by atoms with Crippen molar-refractivity contribution in [2.75, 3.05) is 19.6 Å². The van der Waals surface area contributed by atoms with Gasteiger partial charge >= 0.3 is 0 Å². The zero-order chi connectivity index (χ0) is 14.4. The Morgan fingerprint density at radius 2 is 2.33 bits per heavy atom. The van der Waals surface area contributed by atoms with Gasteiger partial charge in [-0.15, -0.1) is 0 Å². The molecule has 1 aromatic heterocycles. The minimum absolute atomic E-state index is 0.0688. The fraction of sp³-hybridized carbons (Fsp3) is 0.375. The minimum atomic E-state index is -0.0688. The molecule has 3 heterocycles. The van der Waals surface area contributed by atoms with Crippen molar-refractivity contribution in [3.8, 4) is 6.07 Å². The average molecular weight is 281 g/mol. The third-order valence-corrected chi connectivity index (χ3v) is 4.61. The van der Waals surface area contributed by atoms with Gasteiger partial charge in [0.05, 0.1) is 5.56 Å². The van der Waals surface area contributed by atoms with Crippen LogP contribution in [0.2, 0.25) is 0 Å². The highest BCUT2D eigenvalue weighted by Crippen LogP contribution is 2.28. The monoisotopic (exact) mass is 281 g/mol. The molecule has 2 saturated heterocycles. The second-order valence-electron chi connectivity index (χ2n) is 5.86. The van der Waals surface area contributed by atoms with E-state index >= 15 is 0 Å². The van der Waals surface area contributed by atoms with E-state index in [0.717, 1.165) is 19.6 Å². The predicted octanol–water partition coefficient (Wildman–Crippen LogP) is 1.74. The Hall–Kier alpha value is -2.32. The number of benzene rings is 1. The lowest BCUT2D eigenvalue weighted by molar-refractivity contribution is 0.0924. The van der Waals surface area contributed by atoms with Crippen molar-refractivity contribution in [3.05, 3.63) is 35.6 Å². The number of nitrogens with zero attached hydrogens (tertiary/aromatic N) is 2. The van der Waals surface area contributed by atoms with E-state index in [1.807, 2.05) is 0 Å². The summed E-state index contributed by atoms with van der Waals surface area (Å²) in [6, 6.07) is 7.56. The lowest BCUT2D eigenvalue weighted by Crippen LogP contribution is -2.43. The molecule has 2 aliphatic rings. The Kier molecular flexibility index (Phi) is 2.72. The SMILES string of the molecule is N#Cc1coc2ccc(C(=O)NC3CN4CC[C@@H]3C4)cc12. The Morgan fingerprint density at radius 3 is 3.05 bits per heavy atom. The maximum absolute atomic E-state index is 12.4. The molecule has 1 amide bonds. The molecule has 4 rings (SSSR count). The quantitative estimate of drug-likeness (QED) is 0.910. The van der Waals surface area contributed by atoms with Gasteiger partial charge < -0.3 is 14.6 Å². The Labute approximate surface area is 122 Å². The highest BCUT2D eigenvalue weighted by Gasteiger charge is 2.38. The molecule has 2 aromatic rings. The van der Waals surface area contributed by atoms with E-state index in [1.165, 1.54) is 12.7 Å². The van der Waals surface area contributed by atoms with Crippen LogP contribution in [0.5, 0.6) is 0 Å². The summed E-state index contributed by atoms with van der Waals surface area (Å²) >= 11 is 0. The summed E-state index contributed by atoms with van der Waals surface area (Å²) in [6.07, 6.45) is 2.60. The summed E-state index contributed by atoms with van der Waals surface area (Å²) in [5.41, 5.74) is 1.68. The maximum Gasteiger partial charge on any atom is 0.251 e. The number of fused-ring (bicyclic) bond motifs is 3. The first-order valence-corrected chi connectivity index (χ1v) is 7.19. The van der Waals surface area contributed by atoms with E-state index in [4.69, 9.17) is 9.68 Å². The fourth-order valence-electron chi connectivity index (χ4n) is 3.46. The number of hydrogen-bond acceptors (Lipinski definition) is 4. The van der Waals surface area contributed by atoms with E-state index in [2.05, 4.69) is 16.3 Å². The molecule has 3 atom stereocenters. The number of nitrogens with one attached hydrogen (secondary N) is 1. The van der Waals surface area contributed by atoms with Gasteiger partial charge in [0.1, 0.15) is 17.9 Å². The van der Waals surface area contributed by atoms with Crippen LogP contribution in [0.3, 0.4) is 0 Å². The van der Waals surface area contributed by atoms with Crippen molar-refractivity contribution < 1.29 is 9.21 Å². The smallest absolute Gasteiger partial charge is 0.251 e. The van der Waals surface area contributed by atoms with Crippen molar-refractivity contribution in [1.29, 1.82) is 5.26 Å². The summed E-state index contributed by atoms with van der Waals surface area (Å²) in [4.78, 5) is 14.8. The Balaban J connectivity index is 1.58. The topological polar surface area (TPSA) is 69.3 Å². The van der Waals surface area contributed by atoms with Crippen molar-refractivity contribution in [1.82, 2.24) is 10.2 Å². The highest BCUT2D eigenvalue weighted by atomic mass is 16.3. The number of hydrogen-bond donors (Lipinski definition) is 1. The normalized spacial score (nSPS) is 26.9. The average Bonchev–Trinajstić information content (AvgIpc) is 3.21. The summed E-state index contributed by atoms with van der Waals surface area (Å²) in [7, 11) is 0. The van der Waals surface area contributed by atoms with Gasteiger partial charge in [0, 0.05) is 30.1 Å². The molecule has 0 aliphatic carbocycles. The van der Waals surface area contributed by atoms with Crippen LogP contribution < -0.4 is 5.32 Å². The predicted molar refractivity (Wildman–Crippen MR) is 76.7 cm³/mol. The number of piperidine rings is 1. The van der Waals surface area contributed by atoms with Crippen LogP contribution in [0.1, 0.15) is 22.3 Å². The van der Waals surface area contributed by atoms with Crippen LogP contribution in [-0.2, 0) is 0 Å². The van der Waals surface area contributed by atoms with Crippen LogP contribution >= 0.6 is 0 Å². The molecule has 2 bridgehead atoms. The van der Waals surface area contributed by atoms with Crippen LogP contribution in [0, 0.1) is 17.2 Å². The number of carbonyl (C=O) groups excluding carboxylic acids is 1. The van der Waals surface area contributed by atoms with Crippen molar-refractivity contribution in [2.45, 2.75) is 12.5 Å². The molecule has 0 saturated carbocycles. The Bertz CT molecular complexity index is 758. The molecule has 5 heteroatoms.